The first-order chi connectivity index (χ1) is 6.93. The van der Waals surface area contributed by atoms with Crippen LogP contribution >= 0.6 is 0 Å². The van der Waals surface area contributed by atoms with Crippen molar-refractivity contribution in [1.82, 2.24) is 0 Å². The quantitative estimate of drug-likeness (QED) is 0.554. The second-order valence-corrected chi connectivity index (χ2v) is 2.81. The van der Waals surface area contributed by atoms with Crippen molar-refractivity contribution in [2.24, 2.45) is 0 Å². The molecule has 4 nitrogen and oxygen atoms in total. The summed E-state index contributed by atoms with van der Waals surface area (Å²) >= 11 is 0. The van der Waals surface area contributed by atoms with E-state index in [9.17, 15) is 20.4 Å². The summed E-state index contributed by atoms with van der Waals surface area (Å²) in [6, 6.07) is 0. The van der Waals surface area contributed by atoms with Crippen molar-refractivity contribution < 1.29 is 54.0 Å². The SMILES string of the molecule is C=C(C)[O-].C=C(C)[O-].C=C(C)[O-].C=C(C)[O-].[Co+2].[Co+2]. The van der Waals surface area contributed by atoms with Gasteiger partial charge in [0, 0.05) is 0 Å². The fourth-order valence-corrected chi connectivity index (χ4v) is 0. The van der Waals surface area contributed by atoms with E-state index in [-0.39, 0.29) is 56.6 Å². The summed E-state index contributed by atoms with van der Waals surface area (Å²) in [4.78, 5) is 0. The van der Waals surface area contributed by atoms with Crippen LogP contribution in [0.1, 0.15) is 27.7 Å². The molecule has 0 aromatic rings. The van der Waals surface area contributed by atoms with Crippen molar-refractivity contribution in [2.45, 2.75) is 27.7 Å². The molecule has 0 N–H and O–H groups in total. The maximum Gasteiger partial charge on any atom is 2.00 e. The molecule has 0 bridgehead atoms. The Kier molecular flexibility index (Phi) is 59.6. The summed E-state index contributed by atoms with van der Waals surface area (Å²) in [6.45, 7) is 17.7. The molecule has 18 heavy (non-hydrogen) atoms. The Morgan fingerprint density at radius 3 is 0.500 bits per heavy atom. The van der Waals surface area contributed by atoms with Crippen LogP contribution in [0.5, 0.6) is 0 Å². The van der Waals surface area contributed by atoms with Crippen molar-refractivity contribution >= 4 is 0 Å². The molecule has 0 rings (SSSR count). The molecule has 110 valence electrons. The minimum absolute atomic E-state index is 0. The van der Waals surface area contributed by atoms with Gasteiger partial charge in [-0.05, 0) is 0 Å². The molecular weight excluding hydrogens is 326 g/mol. The summed E-state index contributed by atoms with van der Waals surface area (Å²) in [6.07, 6.45) is 0. The zero-order chi connectivity index (χ0) is 14.3. The van der Waals surface area contributed by atoms with Gasteiger partial charge in [-0.1, -0.05) is 27.7 Å². The van der Waals surface area contributed by atoms with Gasteiger partial charge in [-0.15, -0.1) is 49.4 Å². The summed E-state index contributed by atoms with van der Waals surface area (Å²) in [5.41, 5.74) is 0. The molecular formula is C12H20Co2O4. The average Bonchev–Trinajstić information content (AvgIpc) is 1.76. The first-order valence-corrected chi connectivity index (χ1v) is 4.23. The van der Waals surface area contributed by atoms with Crippen molar-refractivity contribution in [3.05, 3.63) is 49.4 Å². The largest absolute Gasteiger partial charge is 2.00 e. The normalized spacial score (nSPS) is 5.56. The molecule has 0 aliphatic carbocycles. The van der Waals surface area contributed by atoms with Gasteiger partial charge >= 0.3 is 33.6 Å². The Balaban J connectivity index is -0.0000000257. The van der Waals surface area contributed by atoms with Crippen molar-refractivity contribution in [1.29, 1.82) is 0 Å². The van der Waals surface area contributed by atoms with E-state index >= 15 is 0 Å². The van der Waals surface area contributed by atoms with E-state index in [1.165, 1.54) is 27.7 Å². The molecule has 0 unspecified atom stereocenters. The van der Waals surface area contributed by atoms with Crippen molar-refractivity contribution in [3.63, 3.8) is 0 Å². The number of hydrogen-bond acceptors (Lipinski definition) is 4. The maximum absolute atomic E-state index is 9.33. The Morgan fingerprint density at radius 2 is 0.500 bits per heavy atom. The predicted octanol–water partition coefficient (Wildman–Crippen LogP) is -0.484. The van der Waals surface area contributed by atoms with E-state index < -0.39 is 0 Å². The van der Waals surface area contributed by atoms with E-state index in [2.05, 4.69) is 26.3 Å². The van der Waals surface area contributed by atoms with Crippen LogP contribution in [0.3, 0.4) is 0 Å². The zero-order valence-electron chi connectivity index (χ0n) is 11.1. The van der Waals surface area contributed by atoms with Gasteiger partial charge in [0.2, 0.25) is 0 Å². The maximum atomic E-state index is 9.33. The Bertz CT molecular complexity index is 162. The fourth-order valence-electron chi connectivity index (χ4n) is 0. The number of rotatable bonds is 0. The third kappa shape index (κ3) is 4460. The van der Waals surface area contributed by atoms with Crippen LogP contribution in [0.15, 0.2) is 49.4 Å². The standard InChI is InChI=1S/4C3H6O.2Co/c4*1-3(2)4;;/h4*4H,1H2,2H3;;/q;;;;2*+2/p-4. The number of allylic oxidation sites excluding steroid dienone is 4. The molecule has 0 spiro atoms. The topological polar surface area (TPSA) is 92.2 Å². The van der Waals surface area contributed by atoms with E-state index in [4.69, 9.17) is 0 Å². The average molecular weight is 346 g/mol. The molecule has 0 aromatic heterocycles. The van der Waals surface area contributed by atoms with Gasteiger partial charge in [-0.25, -0.2) is 0 Å². The molecule has 0 saturated carbocycles. The van der Waals surface area contributed by atoms with Crippen LogP contribution in [-0.4, -0.2) is 0 Å². The minimum atomic E-state index is -0.0833. The van der Waals surface area contributed by atoms with Gasteiger partial charge in [-0.2, -0.15) is 0 Å². The van der Waals surface area contributed by atoms with Crippen LogP contribution in [-0.2, 0) is 33.6 Å². The van der Waals surface area contributed by atoms with Crippen LogP contribution in [0.25, 0.3) is 0 Å². The van der Waals surface area contributed by atoms with Gasteiger partial charge in [0.1, 0.15) is 0 Å². The molecule has 0 fully saturated rings. The summed E-state index contributed by atoms with van der Waals surface area (Å²) in [5, 5.41) is 37.3. The van der Waals surface area contributed by atoms with E-state index in [0.29, 0.717) is 0 Å². The van der Waals surface area contributed by atoms with Crippen molar-refractivity contribution in [2.75, 3.05) is 0 Å². The van der Waals surface area contributed by atoms with Gasteiger partial charge in [0.05, 0.1) is 0 Å². The molecule has 6 heteroatoms. The Hall–Kier alpha value is -0.827. The summed E-state index contributed by atoms with van der Waals surface area (Å²) < 4.78 is 0. The van der Waals surface area contributed by atoms with Gasteiger partial charge in [0.15, 0.2) is 0 Å². The van der Waals surface area contributed by atoms with Gasteiger partial charge in [-0.3, -0.25) is 0 Å². The summed E-state index contributed by atoms with van der Waals surface area (Å²) in [5.74, 6) is -0.333. The molecule has 0 atom stereocenters. The predicted molar refractivity (Wildman–Crippen MR) is 59.3 cm³/mol. The molecule has 0 aliphatic heterocycles. The zero-order valence-corrected chi connectivity index (χ0v) is 13.2. The smallest absolute Gasteiger partial charge is 0.876 e. The second-order valence-electron chi connectivity index (χ2n) is 2.81. The fraction of sp³-hybridized carbons (Fsp3) is 0.333. The molecule has 0 aliphatic rings. The van der Waals surface area contributed by atoms with Gasteiger partial charge in [0.25, 0.3) is 0 Å². The second kappa shape index (κ2) is 29.8. The minimum Gasteiger partial charge on any atom is -0.876 e. The first-order valence-electron chi connectivity index (χ1n) is 4.23. The van der Waals surface area contributed by atoms with Crippen molar-refractivity contribution in [3.8, 4) is 0 Å². The molecule has 2 radical (unpaired) electrons. The molecule has 0 saturated heterocycles. The molecule has 0 heterocycles. The molecule has 0 aromatic carbocycles. The molecule has 0 amide bonds. The number of hydrogen-bond donors (Lipinski definition) is 0. The van der Waals surface area contributed by atoms with Crippen LogP contribution in [0, 0.1) is 0 Å². The van der Waals surface area contributed by atoms with Crippen LogP contribution in [0.4, 0.5) is 0 Å². The van der Waals surface area contributed by atoms with E-state index in [1.807, 2.05) is 0 Å². The third-order valence-corrected chi connectivity index (χ3v) is 0. The monoisotopic (exact) mass is 346 g/mol. The van der Waals surface area contributed by atoms with E-state index in [0.717, 1.165) is 0 Å². The Morgan fingerprint density at radius 1 is 0.500 bits per heavy atom. The summed E-state index contributed by atoms with van der Waals surface area (Å²) in [7, 11) is 0. The van der Waals surface area contributed by atoms with E-state index in [1.54, 1.807) is 0 Å². The van der Waals surface area contributed by atoms with Crippen LogP contribution < -0.4 is 20.4 Å². The van der Waals surface area contributed by atoms with Gasteiger partial charge < -0.3 is 20.4 Å². The third-order valence-electron chi connectivity index (χ3n) is 0. The van der Waals surface area contributed by atoms with Crippen LogP contribution in [0.2, 0.25) is 0 Å². The first kappa shape index (κ1) is 36.0. The Labute approximate surface area is 131 Å².